The lowest BCUT2D eigenvalue weighted by atomic mass is 9.78. The summed E-state index contributed by atoms with van der Waals surface area (Å²) in [5.41, 5.74) is 10.3. The minimum absolute atomic E-state index is 0.410. The molecule has 1 aromatic heterocycles. The molecule has 0 bridgehead atoms. The van der Waals surface area contributed by atoms with Gasteiger partial charge < -0.3 is 15.8 Å². The zero-order valence-electron chi connectivity index (χ0n) is 13.1. The van der Waals surface area contributed by atoms with Crippen molar-refractivity contribution >= 4 is 29.2 Å². The van der Waals surface area contributed by atoms with Gasteiger partial charge in [-0.25, -0.2) is 0 Å². The summed E-state index contributed by atoms with van der Waals surface area (Å²) in [5, 5.41) is 28.7. The van der Waals surface area contributed by atoms with Gasteiger partial charge >= 0.3 is 7.12 Å². The Morgan fingerprint density at radius 1 is 1.04 bits per heavy atom. The third kappa shape index (κ3) is 2.78. The number of nitrogen functional groups attached to an aromatic ring is 1. The Balaban J connectivity index is 2.24. The molecule has 0 spiro atoms. The molecule has 4 N–H and O–H groups in total. The summed E-state index contributed by atoms with van der Waals surface area (Å²) in [7, 11) is -1.48. The van der Waals surface area contributed by atoms with E-state index in [1.54, 1.807) is 6.07 Å². The van der Waals surface area contributed by atoms with Gasteiger partial charge in [-0.1, -0.05) is 31.2 Å². The van der Waals surface area contributed by atoms with E-state index in [0.29, 0.717) is 11.3 Å². The standard InChI is InChI=1S/C17H18BN3O2/c1-3-11-4-6-13(18(22)23)9-16(11)12-5-7-14-15(8-12)10(2)20-21-17(14)19/h4-9,22-23H,3H2,1-2H3,(H2,19,21). The zero-order valence-corrected chi connectivity index (χ0v) is 13.1. The molecular formula is C17H18BN3O2. The van der Waals surface area contributed by atoms with Crippen LogP contribution in [0.4, 0.5) is 5.82 Å². The van der Waals surface area contributed by atoms with Crippen molar-refractivity contribution in [3.8, 4) is 11.1 Å². The fraction of sp³-hybridized carbons (Fsp3) is 0.176. The molecule has 3 rings (SSSR count). The average molecular weight is 307 g/mol. The Morgan fingerprint density at radius 3 is 2.52 bits per heavy atom. The van der Waals surface area contributed by atoms with Crippen LogP contribution >= 0.6 is 0 Å². The zero-order chi connectivity index (χ0) is 16.6. The second-order valence-electron chi connectivity index (χ2n) is 5.57. The van der Waals surface area contributed by atoms with Crippen LogP contribution in [0, 0.1) is 6.92 Å². The van der Waals surface area contributed by atoms with E-state index in [0.717, 1.165) is 39.6 Å². The molecule has 0 aliphatic carbocycles. The average Bonchev–Trinajstić information content (AvgIpc) is 2.57. The van der Waals surface area contributed by atoms with Crippen molar-refractivity contribution in [2.75, 3.05) is 5.73 Å². The van der Waals surface area contributed by atoms with Crippen LogP contribution in [0.1, 0.15) is 18.2 Å². The smallest absolute Gasteiger partial charge is 0.423 e. The third-order valence-electron chi connectivity index (χ3n) is 4.12. The van der Waals surface area contributed by atoms with Crippen molar-refractivity contribution in [3.63, 3.8) is 0 Å². The van der Waals surface area contributed by atoms with Crippen LogP contribution < -0.4 is 11.2 Å². The summed E-state index contributed by atoms with van der Waals surface area (Å²) in [6, 6.07) is 11.4. The van der Waals surface area contributed by atoms with Crippen molar-refractivity contribution in [1.82, 2.24) is 10.2 Å². The largest absolute Gasteiger partial charge is 0.488 e. The molecule has 6 heteroatoms. The highest BCUT2D eigenvalue weighted by molar-refractivity contribution is 6.58. The number of nitrogens with zero attached hydrogens (tertiary/aromatic N) is 2. The Kier molecular flexibility index (Phi) is 4.02. The number of fused-ring (bicyclic) bond motifs is 1. The first-order valence-corrected chi connectivity index (χ1v) is 7.53. The predicted octanol–water partition coefficient (Wildman–Crippen LogP) is 1.43. The quantitative estimate of drug-likeness (QED) is 0.637. The predicted molar refractivity (Wildman–Crippen MR) is 93.3 cm³/mol. The second kappa shape index (κ2) is 5.99. The van der Waals surface area contributed by atoms with Crippen LogP contribution in [0.2, 0.25) is 0 Å². The van der Waals surface area contributed by atoms with Crippen LogP contribution in [0.25, 0.3) is 21.9 Å². The lowest BCUT2D eigenvalue weighted by Gasteiger charge is -2.12. The van der Waals surface area contributed by atoms with Gasteiger partial charge in [-0.05, 0) is 47.6 Å². The topological polar surface area (TPSA) is 92.3 Å². The summed E-state index contributed by atoms with van der Waals surface area (Å²) in [6.45, 7) is 3.97. The minimum Gasteiger partial charge on any atom is -0.423 e. The molecule has 2 aromatic carbocycles. The molecule has 0 aliphatic heterocycles. The fourth-order valence-electron chi connectivity index (χ4n) is 2.80. The molecule has 116 valence electrons. The first-order valence-electron chi connectivity index (χ1n) is 7.53. The Morgan fingerprint density at radius 2 is 1.83 bits per heavy atom. The number of anilines is 1. The number of hydrogen-bond acceptors (Lipinski definition) is 5. The number of nitrogens with two attached hydrogens (primary N) is 1. The van der Waals surface area contributed by atoms with E-state index in [-0.39, 0.29) is 0 Å². The Hall–Kier alpha value is -2.44. The summed E-state index contributed by atoms with van der Waals surface area (Å²) in [5.74, 6) is 0.410. The summed E-state index contributed by atoms with van der Waals surface area (Å²) in [4.78, 5) is 0. The minimum atomic E-state index is -1.48. The molecule has 0 amide bonds. The number of aromatic nitrogens is 2. The Bertz CT molecular complexity index is 881. The second-order valence-corrected chi connectivity index (χ2v) is 5.57. The van der Waals surface area contributed by atoms with Crippen molar-refractivity contribution in [2.24, 2.45) is 0 Å². The fourth-order valence-corrected chi connectivity index (χ4v) is 2.80. The molecular weight excluding hydrogens is 289 g/mol. The highest BCUT2D eigenvalue weighted by Gasteiger charge is 2.15. The van der Waals surface area contributed by atoms with Gasteiger partial charge in [-0.2, -0.15) is 5.10 Å². The van der Waals surface area contributed by atoms with Crippen LogP contribution in [-0.2, 0) is 6.42 Å². The number of hydrogen-bond donors (Lipinski definition) is 3. The molecule has 0 atom stereocenters. The molecule has 0 saturated heterocycles. The highest BCUT2D eigenvalue weighted by atomic mass is 16.4. The third-order valence-corrected chi connectivity index (χ3v) is 4.12. The molecule has 1 heterocycles. The van der Waals surface area contributed by atoms with Crippen molar-refractivity contribution in [2.45, 2.75) is 20.3 Å². The van der Waals surface area contributed by atoms with Gasteiger partial charge in [0.25, 0.3) is 0 Å². The normalized spacial score (nSPS) is 11.0. The lowest BCUT2D eigenvalue weighted by Crippen LogP contribution is -2.29. The molecule has 5 nitrogen and oxygen atoms in total. The van der Waals surface area contributed by atoms with Crippen LogP contribution in [0.3, 0.4) is 0 Å². The van der Waals surface area contributed by atoms with E-state index in [2.05, 4.69) is 17.1 Å². The molecule has 0 aliphatic rings. The monoisotopic (exact) mass is 307 g/mol. The first kappa shape index (κ1) is 15.5. The van der Waals surface area contributed by atoms with Gasteiger partial charge in [-0.3, -0.25) is 0 Å². The van der Waals surface area contributed by atoms with Gasteiger partial charge in [0.15, 0.2) is 5.82 Å². The first-order chi connectivity index (χ1) is 11.0. The maximum Gasteiger partial charge on any atom is 0.488 e. The SMILES string of the molecule is CCc1ccc(B(O)O)cc1-c1ccc2c(N)nnc(C)c2c1. The maximum absolute atomic E-state index is 9.43. The van der Waals surface area contributed by atoms with E-state index >= 15 is 0 Å². The Labute approximate surface area is 134 Å². The molecule has 0 saturated carbocycles. The molecule has 0 radical (unpaired) electrons. The molecule has 0 fully saturated rings. The van der Waals surface area contributed by atoms with E-state index in [9.17, 15) is 10.0 Å². The number of benzene rings is 2. The van der Waals surface area contributed by atoms with Crippen LogP contribution in [0.15, 0.2) is 36.4 Å². The van der Waals surface area contributed by atoms with Crippen molar-refractivity contribution in [1.29, 1.82) is 0 Å². The van der Waals surface area contributed by atoms with E-state index in [1.807, 2.05) is 37.3 Å². The molecule has 3 aromatic rings. The highest BCUT2D eigenvalue weighted by Crippen LogP contribution is 2.29. The maximum atomic E-state index is 9.43. The van der Waals surface area contributed by atoms with Gasteiger partial charge in [0, 0.05) is 10.8 Å². The van der Waals surface area contributed by atoms with E-state index in [1.165, 1.54) is 0 Å². The van der Waals surface area contributed by atoms with Crippen molar-refractivity contribution < 1.29 is 10.0 Å². The summed E-state index contributed by atoms with van der Waals surface area (Å²) < 4.78 is 0. The van der Waals surface area contributed by atoms with E-state index < -0.39 is 7.12 Å². The van der Waals surface area contributed by atoms with Gasteiger partial charge in [-0.15, -0.1) is 5.10 Å². The molecule has 23 heavy (non-hydrogen) atoms. The lowest BCUT2D eigenvalue weighted by molar-refractivity contribution is 0.426. The van der Waals surface area contributed by atoms with Crippen LogP contribution in [-0.4, -0.2) is 27.4 Å². The van der Waals surface area contributed by atoms with Gasteiger partial charge in [0.05, 0.1) is 5.69 Å². The summed E-state index contributed by atoms with van der Waals surface area (Å²) >= 11 is 0. The number of aryl methyl sites for hydroxylation is 2. The van der Waals surface area contributed by atoms with E-state index in [4.69, 9.17) is 5.73 Å². The van der Waals surface area contributed by atoms with Gasteiger partial charge in [0.2, 0.25) is 0 Å². The van der Waals surface area contributed by atoms with Crippen LogP contribution in [0.5, 0.6) is 0 Å². The van der Waals surface area contributed by atoms with Gasteiger partial charge in [0.1, 0.15) is 0 Å². The number of rotatable bonds is 3. The summed E-state index contributed by atoms with van der Waals surface area (Å²) in [6.07, 6.45) is 0.852. The molecule has 0 unspecified atom stereocenters. The van der Waals surface area contributed by atoms with Crippen molar-refractivity contribution in [3.05, 3.63) is 47.7 Å².